The molecule has 138 valence electrons. The van der Waals surface area contributed by atoms with Gasteiger partial charge in [-0.1, -0.05) is 36.4 Å². The van der Waals surface area contributed by atoms with E-state index < -0.39 is 0 Å². The Kier molecular flexibility index (Phi) is 5.71. The van der Waals surface area contributed by atoms with Crippen molar-refractivity contribution in [2.75, 3.05) is 17.7 Å². The van der Waals surface area contributed by atoms with E-state index in [1.165, 1.54) is 0 Å². The van der Waals surface area contributed by atoms with Crippen LogP contribution in [0.25, 0.3) is 0 Å². The van der Waals surface area contributed by atoms with Gasteiger partial charge < -0.3 is 15.4 Å². The van der Waals surface area contributed by atoms with E-state index in [-0.39, 0.29) is 11.9 Å². The Labute approximate surface area is 159 Å². The first-order valence-electron chi connectivity index (χ1n) is 8.80. The summed E-state index contributed by atoms with van der Waals surface area (Å²) < 4.78 is 5.32. The molecule has 1 atom stereocenters. The van der Waals surface area contributed by atoms with Crippen LogP contribution in [-0.4, -0.2) is 18.0 Å². The Balaban J connectivity index is 1.75. The fraction of sp³-hybridized carbons (Fsp3) is 0.182. The monoisotopic (exact) mass is 361 g/mol. The fourth-order valence-corrected chi connectivity index (χ4v) is 2.81. The van der Waals surface area contributed by atoms with E-state index in [1.54, 1.807) is 25.4 Å². The predicted molar refractivity (Wildman–Crippen MR) is 108 cm³/mol. The molecule has 3 rings (SSSR count). The smallest absolute Gasteiger partial charge is 0.255 e. The maximum absolute atomic E-state index is 12.7. The van der Waals surface area contributed by atoms with E-state index in [9.17, 15) is 4.79 Å². The van der Waals surface area contributed by atoms with Crippen LogP contribution < -0.4 is 15.4 Å². The molecule has 0 aliphatic rings. The number of aromatic nitrogens is 1. The van der Waals surface area contributed by atoms with E-state index in [2.05, 4.69) is 34.7 Å². The largest absolute Gasteiger partial charge is 0.495 e. The first-order chi connectivity index (χ1) is 13.1. The maximum atomic E-state index is 12.7. The standard InChI is InChI=1S/C22H23N3O2/c1-15-9-10-20(27-3)19(13-15)25-22(26)18-11-12-23-21(14-18)24-16(2)17-7-5-4-6-8-17/h4-14,16H,1-3H3,(H,23,24)(H,25,26). The number of hydrogen-bond acceptors (Lipinski definition) is 4. The third-order valence-corrected chi connectivity index (χ3v) is 4.29. The molecule has 0 fully saturated rings. The number of nitrogens with one attached hydrogen (secondary N) is 2. The zero-order chi connectivity index (χ0) is 19.2. The Morgan fingerprint density at radius 3 is 2.59 bits per heavy atom. The quantitative estimate of drug-likeness (QED) is 0.660. The second-order valence-electron chi connectivity index (χ2n) is 6.36. The van der Waals surface area contributed by atoms with Gasteiger partial charge in [0.25, 0.3) is 5.91 Å². The van der Waals surface area contributed by atoms with Gasteiger partial charge in [-0.3, -0.25) is 4.79 Å². The first kappa shape index (κ1) is 18.5. The van der Waals surface area contributed by atoms with Crippen molar-refractivity contribution in [3.63, 3.8) is 0 Å². The Morgan fingerprint density at radius 1 is 1.07 bits per heavy atom. The summed E-state index contributed by atoms with van der Waals surface area (Å²) in [5, 5.41) is 6.24. The highest BCUT2D eigenvalue weighted by atomic mass is 16.5. The van der Waals surface area contributed by atoms with Gasteiger partial charge in [0.05, 0.1) is 12.8 Å². The molecular weight excluding hydrogens is 338 g/mol. The number of nitrogens with zero attached hydrogens (tertiary/aromatic N) is 1. The zero-order valence-electron chi connectivity index (χ0n) is 15.7. The Hall–Kier alpha value is -3.34. The molecule has 0 bridgehead atoms. The highest BCUT2D eigenvalue weighted by molar-refractivity contribution is 6.05. The van der Waals surface area contributed by atoms with Gasteiger partial charge in [0, 0.05) is 17.8 Å². The summed E-state index contributed by atoms with van der Waals surface area (Å²) in [6, 6.07) is 19.3. The molecule has 1 amide bonds. The van der Waals surface area contributed by atoms with Crippen LogP contribution in [-0.2, 0) is 0 Å². The van der Waals surface area contributed by atoms with Gasteiger partial charge in [-0.05, 0) is 49.2 Å². The fourth-order valence-electron chi connectivity index (χ4n) is 2.81. The van der Waals surface area contributed by atoms with Crippen LogP contribution in [0.4, 0.5) is 11.5 Å². The summed E-state index contributed by atoms with van der Waals surface area (Å²) in [4.78, 5) is 17.0. The van der Waals surface area contributed by atoms with Crippen molar-refractivity contribution in [2.24, 2.45) is 0 Å². The van der Waals surface area contributed by atoms with Gasteiger partial charge in [-0.2, -0.15) is 0 Å². The normalized spacial score (nSPS) is 11.5. The van der Waals surface area contributed by atoms with Crippen LogP contribution in [0.2, 0.25) is 0 Å². The molecule has 2 N–H and O–H groups in total. The van der Waals surface area contributed by atoms with Crippen LogP contribution in [0.1, 0.15) is 34.5 Å². The molecular formula is C22H23N3O2. The average molecular weight is 361 g/mol. The minimum absolute atomic E-state index is 0.0777. The van der Waals surface area contributed by atoms with E-state index in [0.717, 1.165) is 11.1 Å². The third-order valence-electron chi connectivity index (χ3n) is 4.29. The highest BCUT2D eigenvalue weighted by Crippen LogP contribution is 2.26. The topological polar surface area (TPSA) is 63.2 Å². The molecule has 2 aromatic carbocycles. The molecule has 0 spiro atoms. The summed E-state index contributed by atoms with van der Waals surface area (Å²) in [6.07, 6.45) is 1.63. The van der Waals surface area contributed by atoms with Crippen molar-refractivity contribution < 1.29 is 9.53 Å². The van der Waals surface area contributed by atoms with Gasteiger partial charge in [-0.15, -0.1) is 0 Å². The SMILES string of the molecule is COc1ccc(C)cc1NC(=O)c1ccnc(NC(C)c2ccccc2)c1. The number of benzene rings is 2. The molecule has 5 heteroatoms. The zero-order valence-corrected chi connectivity index (χ0v) is 15.7. The van der Waals surface area contributed by atoms with Crippen molar-refractivity contribution in [2.45, 2.75) is 19.9 Å². The van der Waals surface area contributed by atoms with Crippen molar-refractivity contribution >= 4 is 17.4 Å². The van der Waals surface area contributed by atoms with Crippen molar-refractivity contribution in [1.82, 2.24) is 4.98 Å². The number of anilines is 2. The highest BCUT2D eigenvalue weighted by Gasteiger charge is 2.12. The Morgan fingerprint density at radius 2 is 1.85 bits per heavy atom. The average Bonchev–Trinajstić information content (AvgIpc) is 2.69. The third kappa shape index (κ3) is 4.64. The molecule has 5 nitrogen and oxygen atoms in total. The number of hydrogen-bond donors (Lipinski definition) is 2. The molecule has 1 heterocycles. The van der Waals surface area contributed by atoms with Crippen LogP contribution >= 0.6 is 0 Å². The predicted octanol–water partition coefficient (Wildman–Crippen LogP) is 4.82. The van der Waals surface area contributed by atoms with E-state index >= 15 is 0 Å². The van der Waals surface area contributed by atoms with E-state index in [0.29, 0.717) is 22.8 Å². The second kappa shape index (κ2) is 8.36. The summed E-state index contributed by atoms with van der Waals surface area (Å²) >= 11 is 0. The number of ether oxygens (including phenoxy) is 1. The van der Waals surface area contributed by atoms with Crippen molar-refractivity contribution in [3.8, 4) is 5.75 Å². The van der Waals surface area contributed by atoms with E-state index in [4.69, 9.17) is 4.74 Å². The molecule has 3 aromatic rings. The number of carbonyl (C=O) groups excluding carboxylic acids is 1. The van der Waals surface area contributed by atoms with Crippen LogP contribution in [0, 0.1) is 6.92 Å². The van der Waals surface area contributed by atoms with E-state index in [1.807, 2.05) is 43.3 Å². The number of methoxy groups -OCH3 is 1. The summed E-state index contributed by atoms with van der Waals surface area (Å²) in [5.41, 5.74) is 3.36. The van der Waals surface area contributed by atoms with Gasteiger partial charge in [0.15, 0.2) is 0 Å². The Bertz CT molecular complexity index is 926. The number of pyridine rings is 1. The molecule has 0 saturated heterocycles. The lowest BCUT2D eigenvalue weighted by molar-refractivity contribution is 0.102. The molecule has 1 unspecified atom stereocenters. The minimum atomic E-state index is -0.211. The van der Waals surface area contributed by atoms with Gasteiger partial charge in [-0.25, -0.2) is 4.98 Å². The van der Waals surface area contributed by atoms with Gasteiger partial charge >= 0.3 is 0 Å². The minimum Gasteiger partial charge on any atom is -0.495 e. The summed E-state index contributed by atoms with van der Waals surface area (Å²) in [5.74, 6) is 1.06. The second-order valence-corrected chi connectivity index (χ2v) is 6.36. The molecule has 1 aromatic heterocycles. The molecule has 0 radical (unpaired) electrons. The van der Waals surface area contributed by atoms with Crippen molar-refractivity contribution in [1.29, 1.82) is 0 Å². The first-order valence-corrected chi connectivity index (χ1v) is 8.80. The molecule has 0 aliphatic carbocycles. The van der Waals surface area contributed by atoms with Crippen LogP contribution in [0.5, 0.6) is 5.75 Å². The molecule has 0 aliphatic heterocycles. The lowest BCUT2D eigenvalue weighted by Gasteiger charge is -2.15. The van der Waals surface area contributed by atoms with Crippen LogP contribution in [0.3, 0.4) is 0 Å². The molecule has 27 heavy (non-hydrogen) atoms. The lowest BCUT2D eigenvalue weighted by atomic mass is 10.1. The summed E-state index contributed by atoms with van der Waals surface area (Å²) in [6.45, 7) is 4.02. The number of rotatable bonds is 6. The maximum Gasteiger partial charge on any atom is 0.255 e. The molecule has 0 saturated carbocycles. The van der Waals surface area contributed by atoms with Crippen LogP contribution in [0.15, 0.2) is 66.9 Å². The summed E-state index contributed by atoms with van der Waals surface area (Å²) in [7, 11) is 1.58. The van der Waals surface area contributed by atoms with Gasteiger partial charge in [0.2, 0.25) is 0 Å². The number of amides is 1. The lowest BCUT2D eigenvalue weighted by Crippen LogP contribution is -2.14. The number of aryl methyl sites for hydroxylation is 1. The number of carbonyl (C=O) groups is 1. The van der Waals surface area contributed by atoms with Crippen molar-refractivity contribution in [3.05, 3.63) is 83.6 Å². The van der Waals surface area contributed by atoms with Gasteiger partial charge in [0.1, 0.15) is 11.6 Å².